The van der Waals surface area contributed by atoms with Gasteiger partial charge in [0, 0.05) is 38.5 Å². The number of urea groups is 1. The number of hydrogen-bond acceptors (Lipinski definition) is 3. The van der Waals surface area contributed by atoms with Crippen LogP contribution in [0.2, 0.25) is 0 Å². The standard InChI is InChI=1S/C22H33N3O3/c1-15(2)17-7-8-19(18(14-17)16(3)4)23-22(27)25-11-9-24(10-12-25)21(26)20-6-5-13-28-20/h7-8,14-16,20H,5-6,9-13H2,1-4H3,(H,23,27)/t20-/m0/s1. The predicted molar refractivity (Wildman–Crippen MR) is 111 cm³/mol. The first kappa shape index (κ1) is 20.6. The van der Waals surface area contributed by atoms with Crippen molar-refractivity contribution in [1.82, 2.24) is 9.80 Å². The molecule has 2 fully saturated rings. The van der Waals surface area contributed by atoms with Crippen molar-refractivity contribution in [1.29, 1.82) is 0 Å². The van der Waals surface area contributed by atoms with Gasteiger partial charge in [-0.05, 0) is 41.9 Å². The molecule has 2 saturated heterocycles. The van der Waals surface area contributed by atoms with Gasteiger partial charge in [-0.2, -0.15) is 0 Å². The quantitative estimate of drug-likeness (QED) is 0.855. The molecule has 1 aromatic carbocycles. The number of piperazine rings is 1. The maximum Gasteiger partial charge on any atom is 0.321 e. The number of ether oxygens (including phenoxy) is 1. The van der Waals surface area contributed by atoms with Gasteiger partial charge in [0.1, 0.15) is 6.10 Å². The summed E-state index contributed by atoms with van der Waals surface area (Å²) in [6.07, 6.45) is 1.48. The Hall–Kier alpha value is -2.08. The molecule has 154 valence electrons. The van der Waals surface area contributed by atoms with E-state index in [9.17, 15) is 9.59 Å². The maximum absolute atomic E-state index is 12.8. The Labute approximate surface area is 168 Å². The number of nitrogens with one attached hydrogen (secondary N) is 1. The van der Waals surface area contributed by atoms with Crippen LogP contribution in [0, 0.1) is 0 Å². The summed E-state index contributed by atoms with van der Waals surface area (Å²) in [5.41, 5.74) is 3.32. The van der Waals surface area contributed by atoms with Crippen LogP contribution in [0.3, 0.4) is 0 Å². The number of rotatable bonds is 4. The number of hydrogen-bond donors (Lipinski definition) is 1. The van der Waals surface area contributed by atoms with Crippen LogP contribution >= 0.6 is 0 Å². The minimum atomic E-state index is -0.284. The van der Waals surface area contributed by atoms with Gasteiger partial charge in [0.2, 0.25) is 0 Å². The third-order valence-electron chi connectivity index (χ3n) is 5.69. The molecule has 1 atom stereocenters. The summed E-state index contributed by atoms with van der Waals surface area (Å²) in [5, 5.41) is 3.09. The van der Waals surface area contributed by atoms with E-state index in [0.717, 1.165) is 24.1 Å². The molecule has 0 saturated carbocycles. The first-order chi connectivity index (χ1) is 13.4. The van der Waals surface area contributed by atoms with Gasteiger partial charge in [-0.3, -0.25) is 4.79 Å². The second-order valence-electron chi connectivity index (χ2n) is 8.40. The van der Waals surface area contributed by atoms with E-state index in [1.54, 1.807) is 4.90 Å². The van der Waals surface area contributed by atoms with E-state index in [0.29, 0.717) is 44.6 Å². The molecule has 0 aliphatic carbocycles. The van der Waals surface area contributed by atoms with Crippen molar-refractivity contribution >= 4 is 17.6 Å². The number of carbonyl (C=O) groups is 2. The number of carbonyl (C=O) groups excluding carboxylic acids is 2. The van der Waals surface area contributed by atoms with Crippen molar-refractivity contribution in [3.8, 4) is 0 Å². The fraction of sp³-hybridized carbons (Fsp3) is 0.636. The van der Waals surface area contributed by atoms with Gasteiger partial charge in [-0.25, -0.2) is 4.79 Å². The number of nitrogens with zero attached hydrogens (tertiary/aromatic N) is 2. The average Bonchev–Trinajstić information content (AvgIpc) is 3.22. The fourth-order valence-corrected chi connectivity index (χ4v) is 3.83. The van der Waals surface area contributed by atoms with E-state index < -0.39 is 0 Å². The summed E-state index contributed by atoms with van der Waals surface area (Å²) < 4.78 is 5.50. The second kappa shape index (κ2) is 8.95. The molecule has 0 bridgehead atoms. The minimum absolute atomic E-state index is 0.0731. The van der Waals surface area contributed by atoms with Crippen LogP contribution in [0.4, 0.5) is 10.5 Å². The first-order valence-electron chi connectivity index (χ1n) is 10.5. The van der Waals surface area contributed by atoms with E-state index in [4.69, 9.17) is 4.74 Å². The van der Waals surface area contributed by atoms with Gasteiger partial charge in [0.25, 0.3) is 5.91 Å². The monoisotopic (exact) mass is 387 g/mol. The summed E-state index contributed by atoms with van der Waals surface area (Å²) in [5.74, 6) is 0.857. The third kappa shape index (κ3) is 4.66. The van der Waals surface area contributed by atoms with Crippen LogP contribution in [0.1, 0.15) is 63.5 Å². The van der Waals surface area contributed by atoms with E-state index in [2.05, 4.69) is 45.1 Å². The molecule has 2 heterocycles. The molecule has 0 aromatic heterocycles. The molecule has 0 radical (unpaired) electrons. The molecule has 3 amide bonds. The largest absolute Gasteiger partial charge is 0.368 e. The fourth-order valence-electron chi connectivity index (χ4n) is 3.83. The Morgan fingerprint density at radius 3 is 2.29 bits per heavy atom. The molecule has 1 N–H and O–H groups in total. The molecule has 3 rings (SSSR count). The highest BCUT2D eigenvalue weighted by atomic mass is 16.5. The average molecular weight is 388 g/mol. The normalized spacial score (nSPS) is 20.1. The lowest BCUT2D eigenvalue weighted by Gasteiger charge is -2.35. The van der Waals surface area contributed by atoms with Gasteiger partial charge in [-0.15, -0.1) is 0 Å². The Morgan fingerprint density at radius 2 is 1.71 bits per heavy atom. The second-order valence-corrected chi connectivity index (χ2v) is 8.40. The molecule has 2 aliphatic rings. The SMILES string of the molecule is CC(C)c1ccc(NC(=O)N2CCN(C(=O)[C@@H]3CCCO3)CC2)c(C(C)C)c1. The van der Waals surface area contributed by atoms with Crippen LogP contribution in [0.25, 0.3) is 0 Å². The van der Waals surface area contributed by atoms with Crippen LogP contribution < -0.4 is 5.32 Å². The molecule has 28 heavy (non-hydrogen) atoms. The maximum atomic E-state index is 12.8. The van der Waals surface area contributed by atoms with Gasteiger partial charge < -0.3 is 19.9 Å². The van der Waals surface area contributed by atoms with Crippen molar-refractivity contribution in [2.24, 2.45) is 0 Å². The van der Waals surface area contributed by atoms with E-state index in [1.807, 2.05) is 11.0 Å². The summed E-state index contributed by atoms with van der Waals surface area (Å²) >= 11 is 0. The third-order valence-corrected chi connectivity index (χ3v) is 5.69. The Bertz CT molecular complexity index is 703. The highest BCUT2D eigenvalue weighted by Crippen LogP contribution is 2.28. The smallest absolute Gasteiger partial charge is 0.321 e. The summed E-state index contributed by atoms with van der Waals surface area (Å²) in [6, 6.07) is 6.20. The number of anilines is 1. The van der Waals surface area contributed by atoms with Gasteiger partial charge in [0.05, 0.1) is 0 Å². The topological polar surface area (TPSA) is 61.9 Å². The first-order valence-corrected chi connectivity index (χ1v) is 10.5. The van der Waals surface area contributed by atoms with E-state index in [-0.39, 0.29) is 18.0 Å². The molecular weight excluding hydrogens is 354 g/mol. The van der Waals surface area contributed by atoms with Gasteiger partial charge in [0.15, 0.2) is 0 Å². The molecule has 0 unspecified atom stereocenters. The lowest BCUT2D eigenvalue weighted by molar-refractivity contribution is -0.142. The van der Waals surface area contributed by atoms with Crippen molar-refractivity contribution in [2.75, 3.05) is 38.1 Å². The molecular formula is C22H33N3O3. The van der Waals surface area contributed by atoms with Crippen LogP contribution in [-0.2, 0) is 9.53 Å². The molecule has 2 aliphatic heterocycles. The minimum Gasteiger partial charge on any atom is -0.368 e. The Kier molecular flexibility index (Phi) is 6.60. The van der Waals surface area contributed by atoms with Crippen molar-refractivity contribution in [3.63, 3.8) is 0 Å². The van der Waals surface area contributed by atoms with E-state index in [1.165, 1.54) is 5.56 Å². The number of amides is 3. The zero-order valence-corrected chi connectivity index (χ0v) is 17.5. The molecule has 1 aromatic rings. The van der Waals surface area contributed by atoms with Crippen LogP contribution in [0.5, 0.6) is 0 Å². The van der Waals surface area contributed by atoms with Gasteiger partial charge in [-0.1, -0.05) is 39.8 Å². The van der Waals surface area contributed by atoms with E-state index >= 15 is 0 Å². The van der Waals surface area contributed by atoms with Crippen molar-refractivity contribution < 1.29 is 14.3 Å². The lowest BCUT2D eigenvalue weighted by atomic mass is 9.94. The molecule has 6 nitrogen and oxygen atoms in total. The van der Waals surface area contributed by atoms with Crippen molar-refractivity contribution in [2.45, 2.75) is 58.5 Å². The van der Waals surface area contributed by atoms with Gasteiger partial charge >= 0.3 is 6.03 Å². The lowest BCUT2D eigenvalue weighted by Crippen LogP contribution is -2.53. The predicted octanol–water partition coefficient (Wildman–Crippen LogP) is 3.79. The summed E-state index contributed by atoms with van der Waals surface area (Å²) in [7, 11) is 0. The van der Waals surface area contributed by atoms with Crippen LogP contribution in [0.15, 0.2) is 18.2 Å². The van der Waals surface area contributed by atoms with Crippen molar-refractivity contribution in [3.05, 3.63) is 29.3 Å². The summed E-state index contributed by atoms with van der Waals surface area (Å²) in [6.45, 7) is 11.5. The highest BCUT2D eigenvalue weighted by molar-refractivity contribution is 5.90. The number of benzene rings is 1. The molecule has 6 heteroatoms. The zero-order chi connectivity index (χ0) is 20.3. The highest BCUT2D eigenvalue weighted by Gasteiger charge is 2.31. The Morgan fingerprint density at radius 1 is 1.04 bits per heavy atom. The molecule has 0 spiro atoms. The summed E-state index contributed by atoms with van der Waals surface area (Å²) in [4.78, 5) is 28.9. The zero-order valence-electron chi connectivity index (χ0n) is 17.5. The van der Waals surface area contributed by atoms with Crippen LogP contribution in [-0.4, -0.2) is 60.6 Å². The Balaban J connectivity index is 1.59.